The summed E-state index contributed by atoms with van der Waals surface area (Å²) in [4.78, 5) is 19.8. The molecule has 1 amide bonds. The molecule has 1 aliphatic heterocycles. The van der Waals surface area contributed by atoms with E-state index in [9.17, 15) is 22.4 Å². The molecule has 3 aromatic rings. The first-order valence-corrected chi connectivity index (χ1v) is 11.2. The molecule has 1 aromatic carbocycles. The van der Waals surface area contributed by atoms with Gasteiger partial charge < -0.3 is 9.64 Å². The summed E-state index contributed by atoms with van der Waals surface area (Å²) >= 11 is 0. The van der Waals surface area contributed by atoms with Gasteiger partial charge in [-0.25, -0.2) is 9.37 Å². The molecule has 0 N–H and O–H groups in total. The molecule has 4 unspecified atom stereocenters. The summed E-state index contributed by atoms with van der Waals surface area (Å²) in [5.41, 5.74) is -3.05. The van der Waals surface area contributed by atoms with Crippen molar-refractivity contribution in [3.8, 4) is 11.6 Å². The number of nitrogens with zero attached hydrogens (tertiary/aromatic N) is 5. The molecule has 180 valence electrons. The lowest BCUT2D eigenvalue weighted by Gasteiger charge is -2.56. The molecular formula is C22H15B4F4N5O2. The van der Waals surface area contributed by atoms with Crippen molar-refractivity contribution in [3.63, 3.8) is 0 Å². The van der Waals surface area contributed by atoms with Crippen LogP contribution in [0.2, 0.25) is 5.11 Å². The van der Waals surface area contributed by atoms with Gasteiger partial charge in [-0.05, 0) is 42.4 Å². The van der Waals surface area contributed by atoms with Crippen LogP contribution in [0.15, 0.2) is 48.9 Å². The molecule has 3 heterocycles. The number of ether oxygens (including phenoxy) is 1. The van der Waals surface area contributed by atoms with Gasteiger partial charge in [0.05, 0.1) is 53.1 Å². The third-order valence-electron chi connectivity index (χ3n) is 6.91. The Balaban J connectivity index is 1.51. The van der Waals surface area contributed by atoms with Gasteiger partial charge in [0, 0.05) is 12.3 Å². The van der Waals surface area contributed by atoms with Crippen LogP contribution in [0.3, 0.4) is 0 Å². The Kier molecular flexibility index (Phi) is 5.95. The zero-order valence-corrected chi connectivity index (χ0v) is 19.1. The average molecular weight is 501 g/mol. The predicted octanol–water partition coefficient (Wildman–Crippen LogP) is 1.95. The molecule has 7 nitrogen and oxygen atoms in total. The van der Waals surface area contributed by atoms with Crippen LogP contribution < -0.4 is 4.74 Å². The van der Waals surface area contributed by atoms with Crippen LogP contribution in [0.5, 0.6) is 5.88 Å². The molecule has 37 heavy (non-hydrogen) atoms. The van der Waals surface area contributed by atoms with Gasteiger partial charge in [0.15, 0.2) is 5.82 Å². The molecular weight excluding hydrogens is 486 g/mol. The minimum atomic E-state index is -4.56. The number of hydrogen-bond donors (Lipinski definition) is 0. The highest BCUT2D eigenvalue weighted by atomic mass is 19.4. The topological polar surface area (TPSA) is 73.1 Å². The second-order valence-electron chi connectivity index (χ2n) is 9.16. The van der Waals surface area contributed by atoms with E-state index in [2.05, 4.69) is 15.2 Å². The Morgan fingerprint density at radius 2 is 1.78 bits per heavy atom. The van der Waals surface area contributed by atoms with Gasteiger partial charge in [0.1, 0.15) is 19.6 Å². The van der Waals surface area contributed by atoms with E-state index >= 15 is 0 Å². The fraction of sp³-hybridized carbons (Fsp3) is 0.364. The van der Waals surface area contributed by atoms with Crippen LogP contribution in [0.1, 0.15) is 28.8 Å². The smallest absolute Gasteiger partial charge is 0.417 e. The Labute approximate surface area is 214 Å². The highest BCUT2D eigenvalue weighted by Gasteiger charge is 2.63. The lowest BCUT2D eigenvalue weighted by Crippen LogP contribution is -2.66. The van der Waals surface area contributed by atoms with E-state index in [0.29, 0.717) is 6.20 Å². The number of para-hydroxylation sites is 1. The van der Waals surface area contributed by atoms with Gasteiger partial charge in [-0.15, -0.1) is 9.91 Å². The third kappa shape index (κ3) is 4.12. The Morgan fingerprint density at radius 1 is 1.08 bits per heavy atom. The molecule has 1 saturated carbocycles. The number of amides is 1. The van der Waals surface area contributed by atoms with Gasteiger partial charge in [-0.1, -0.05) is 6.07 Å². The molecule has 5 rings (SSSR count). The van der Waals surface area contributed by atoms with Crippen LogP contribution in [0.25, 0.3) is 5.69 Å². The summed E-state index contributed by atoms with van der Waals surface area (Å²) in [6, 6.07) is 5.03. The first-order chi connectivity index (χ1) is 17.3. The minimum absolute atomic E-state index is 0.0766. The maximum absolute atomic E-state index is 14.9. The maximum Gasteiger partial charge on any atom is 0.417 e. The number of aromatic nitrogens is 4. The molecule has 2 fully saturated rings. The van der Waals surface area contributed by atoms with Crippen molar-refractivity contribution in [2.75, 3.05) is 0 Å². The summed E-state index contributed by atoms with van der Waals surface area (Å²) in [6.45, 7) is 0. The molecule has 8 radical (unpaired) electrons. The normalized spacial score (nSPS) is 25.4. The van der Waals surface area contributed by atoms with E-state index in [4.69, 9.17) is 36.1 Å². The zero-order chi connectivity index (χ0) is 26.8. The molecule has 0 spiro atoms. The summed E-state index contributed by atoms with van der Waals surface area (Å²) in [5.74, 6) is -2.13. The van der Waals surface area contributed by atoms with Crippen molar-refractivity contribution < 1.29 is 27.1 Å². The van der Waals surface area contributed by atoms with E-state index in [1.165, 1.54) is 29.4 Å². The number of carbonyl (C=O) groups is 1. The van der Waals surface area contributed by atoms with Crippen LogP contribution in [0, 0.1) is 11.7 Å². The fourth-order valence-electron chi connectivity index (χ4n) is 5.21. The van der Waals surface area contributed by atoms with E-state index in [1.807, 2.05) is 0 Å². The van der Waals surface area contributed by atoms with Gasteiger partial charge >= 0.3 is 6.18 Å². The number of likely N-dealkylation sites (tertiary alicyclic amines) is 1. The summed E-state index contributed by atoms with van der Waals surface area (Å²) in [5, 5.41) is 5.78. The monoisotopic (exact) mass is 501 g/mol. The van der Waals surface area contributed by atoms with Crippen LogP contribution in [0.4, 0.5) is 17.6 Å². The number of fused-ring (bicyclic) bond motifs is 2. The summed E-state index contributed by atoms with van der Waals surface area (Å²) < 4.78 is 59.4. The quantitative estimate of drug-likeness (QED) is 0.396. The summed E-state index contributed by atoms with van der Waals surface area (Å²) in [7, 11) is 24.8. The van der Waals surface area contributed by atoms with Crippen molar-refractivity contribution in [2.45, 2.75) is 41.7 Å². The van der Waals surface area contributed by atoms with Crippen molar-refractivity contribution in [1.82, 2.24) is 24.9 Å². The number of hydrogen-bond acceptors (Lipinski definition) is 5. The Bertz CT molecular complexity index is 1320. The van der Waals surface area contributed by atoms with E-state index < -0.39 is 52.1 Å². The Morgan fingerprint density at radius 3 is 2.38 bits per heavy atom. The fourth-order valence-corrected chi connectivity index (χ4v) is 5.21. The van der Waals surface area contributed by atoms with Crippen LogP contribution in [-0.4, -0.2) is 79.8 Å². The maximum atomic E-state index is 14.9. The van der Waals surface area contributed by atoms with Crippen LogP contribution >= 0.6 is 0 Å². The van der Waals surface area contributed by atoms with Gasteiger partial charge in [-0.3, -0.25) is 4.79 Å². The van der Waals surface area contributed by atoms with Gasteiger partial charge in [-0.2, -0.15) is 23.4 Å². The standard InChI is InChI=1S/C22H15B4F4N5O2/c23-20(22(24,25)26)12-8-15(16(9-12)37-17-5-4-11(10-31-17)21(28,29)30)34(20)19(36)13-2-1-3-14(27)18(13)35-32-6-7-33-35/h1-7,10,12,15-16H,8-9H2. The third-order valence-corrected chi connectivity index (χ3v) is 6.91. The zero-order valence-electron chi connectivity index (χ0n) is 19.1. The number of benzene rings is 1. The number of halogens is 4. The van der Waals surface area contributed by atoms with E-state index in [-0.39, 0.29) is 30.0 Å². The number of alkyl halides is 3. The van der Waals surface area contributed by atoms with Crippen LogP contribution in [-0.2, 0) is 6.18 Å². The van der Waals surface area contributed by atoms with Crippen molar-refractivity contribution in [1.29, 1.82) is 0 Å². The first-order valence-electron chi connectivity index (χ1n) is 11.2. The van der Waals surface area contributed by atoms with E-state index in [1.54, 1.807) is 0 Å². The molecule has 2 aromatic heterocycles. The molecule has 1 saturated heterocycles. The van der Waals surface area contributed by atoms with Crippen molar-refractivity contribution >= 4 is 37.3 Å². The average Bonchev–Trinajstić information content (AvgIpc) is 3.54. The first kappa shape index (κ1) is 25.4. The number of rotatable bonds is 5. The van der Waals surface area contributed by atoms with Gasteiger partial charge in [0.2, 0.25) is 5.88 Å². The number of pyridine rings is 1. The Hall–Kier alpha value is -3.24. The van der Waals surface area contributed by atoms with Gasteiger partial charge in [0.25, 0.3) is 5.91 Å². The van der Waals surface area contributed by atoms with E-state index in [0.717, 1.165) is 23.0 Å². The summed E-state index contributed by atoms with van der Waals surface area (Å²) in [6.07, 6.45) is -1.46. The SMILES string of the molecule is [B]C([B])([B])C1([B])C2CC(Oc3ccc(C(F)(F)F)cn3)C(C2)N1C(=O)c1cccc(F)c1-n1nccn1. The second kappa shape index (κ2) is 8.66. The minimum Gasteiger partial charge on any atom is -0.472 e. The van der Waals surface area contributed by atoms with Crippen molar-refractivity contribution in [2.24, 2.45) is 5.92 Å². The number of piperidine rings is 1. The predicted molar refractivity (Wildman–Crippen MR) is 126 cm³/mol. The molecule has 4 atom stereocenters. The lowest BCUT2D eigenvalue weighted by molar-refractivity contribution is -0.137. The molecule has 1 aliphatic carbocycles. The van der Waals surface area contributed by atoms with Crippen molar-refractivity contribution in [3.05, 3.63) is 65.9 Å². The molecule has 2 bridgehead atoms. The molecule has 2 aliphatic rings. The highest BCUT2D eigenvalue weighted by Crippen LogP contribution is 2.56. The highest BCUT2D eigenvalue weighted by molar-refractivity contribution is 6.62. The molecule has 15 heteroatoms. The largest absolute Gasteiger partial charge is 0.472 e. The lowest BCUT2D eigenvalue weighted by atomic mass is 9.29. The second-order valence-corrected chi connectivity index (χ2v) is 9.16. The number of carbonyl (C=O) groups excluding carboxylic acids is 1.